The molecule has 0 aliphatic heterocycles. The molecule has 0 heterocycles. The molecular formula is C93H173B4N11O29. The van der Waals surface area contributed by atoms with Gasteiger partial charge in [-0.15, -0.1) is 0 Å². The lowest BCUT2D eigenvalue weighted by molar-refractivity contribution is -0.203. The molecular weight excluding hydrogens is 1780 g/mol. The fourth-order valence-corrected chi connectivity index (χ4v) is 15.5. The van der Waals surface area contributed by atoms with Crippen LogP contribution in [0.15, 0.2) is 0 Å². The fraction of sp³-hybridized carbons (Fsp3) is 0.839. The molecule has 0 fully saturated rings. The van der Waals surface area contributed by atoms with Gasteiger partial charge in [0.2, 0.25) is 29.9 Å². The molecule has 0 unspecified atom stereocenters. The summed E-state index contributed by atoms with van der Waals surface area (Å²) in [6, 6.07) is 0. The zero-order valence-electron chi connectivity index (χ0n) is 85.7. The number of esters is 10. The van der Waals surface area contributed by atoms with Crippen molar-refractivity contribution in [2.75, 3.05) is 132 Å². The molecule has 5 amide bonds. The molecule has 786 valence electrons. The number of nitrogens with one attached hydrogen (secondary N) is 6. The normalized spacial score (nSPS) is 13.1. The van der Waals surface area contributed by atoms with Crippen LogP contribution >= 0.6 is 0 Å². The van der Waals surface area contributed by atoms with Crippen LogP contribution in [0.4, 0.5) is 0 Å². The van der Waals surface area contributed by atoms with E-state index in [0.29, 0.717) is 25.3 Å². The van der Waals surface area contributed by atoms with Gasteiger partial charge in [0, 0.05) is 128 Å². The van der Waals surface area contributed by atoms with Gasteiger partial charge < -0.3 is 124 Å². The first kappa shape index (κ1) is 129. The Morgan fingerprint density at radius 2 is 0.569 bits per heavy atom. The molecule has 0 aliphatic carbocycles. The van der Waals surface area contributed by atoms with Crippen LogP contribution in [0.1, 0.15) is 294 Å². The van der Waals surface area contributed by atoms with Gasteiger partial charge in [-0.3, -0.25) is 71.9 Å². The number of hydrogen-bond acceptors (Lipinski definition) is 35. The van der Waals surface area contributed by atoms with Gasteiger partial charge in [-0.1, -0.05) is 141 Å². The highest BCUT2D eigenvalue weighted by Gasteiger charge is 2.49. The number of unbranched alkanes of at least 4 members (excludes halogenated alkanes) is 25. The molecule has 137 heavy (non-hydrogen) atoms. The SMILES string of the molecule is CB(O)N(C)CCCN(CCCCNCC(CCCCCCNC(=O)CCCCCCCCCCCCCCCCCCCCCCCNC(=O)CCC(=O)N(CCNC(=O)[C@@H](OC(C)=O)[C@H](OC(C)=O)[C@@H](OC(C)=O)[C@@H](COC(C)=O)OC(C)=O)CCNC(=O)[C@H](OC(C)=O)[C@@H](OC(C)=O)[C@H](OC(C)=O)[C@H](COC(C)=O)OC(C)=O)CNCCCCN(CCCN(C)B(C)O)B(C)O)B(C)O. The molecule has 0 rings (SSSR count). The van der Waals surface area contributed by atoms with E-state index >= 15 is 0 Å². The van der Waals surface area contributed by atoms with Gasteiger partial charge in [0.25, 0.3) is 11.8 Å². The molecule has 0 aliphatic rings. The first-order valence-electron chi connectivity index (χ1n) is 50.1. The van der Waals surface area contributed by atoms with Crippen molar-refractivity contribution in [3.63, 3.8) is 0 Å². The average molecular weight is 1950 g/mol. The Hall–Kier alpha value is -8.09. The van der Waals surface area contributed by atoms with E-state index in [0.717, 1.165) is 268 Å². The average Bonchev–Trinajstić information content (AvgIpc) is 0.820. The molecule has 8 atom stereocenters. The Morgan fingerprint density at radius 3 is 0.883 bits per heavy atom. The van der Waals surface area contributed by atoms with Crippen LogP contribution in [0.5, 0.6) is 0 Å². The van der Waals surface area contributed by atoms with E-state index in [1.54, 1.807) is 13.6 Å². The van der Waals surface area contributed by atoms with Crippen LogP contribution in [0.2, 0.25) is 27.3 Å². The van der Waals surface area contributed by atoms with Crippen molar-refractivity contribution >= 4 is 117 Å². The van der Waals surface area contributed by atoms with E-state index in [9.17, 15) is 92.0 Å². The second-order valence-corrected chi connectivity index (χ2v) is 35.8. The topological polar surface area (TPSA) is 518 Å². The molecule has 40 nitrogen and oxygen atoms in total. The van der Waals surface area contributed by atoms with E-state index < -0.39 is 206 Å². The fourth-order valence-electron chi connectivity index (χ4n) is 15.5. The van der Waals surface area contributed by atoms with Crippen molar-refractivity contribution in [1.82, 2.24) is 56.0 Å². The monoisotopic (exact) mass is 1950 g/mol. The van der Waals surface area contributed by atoms with Crippen molar-refractivity contribution in [3.8, 4) is 0 Å². The van der Waals surface area contributed by atoms with Crippen LogP contribution < -0.4 is 31.9 Å². The molecule has 0 saturated heterocycles. The van der Waals surface area contributed by atoms with Crippen LogP contribution in [0.25, 0.3) is 0 Å². The van der Waals surface area contributed by atoms with Gasteiger partial charge in [0.15, 0.2) is 36.6 Å². The third kappa shape index (κ3) is 70.2. The molecule has 44 heteroatoms. The number of nitrogens with zero attached hydrogens (tertiary/aromatic N) is 5. The summed E-state index contributed by atoms with van der Waals surface area (Å²) in [7, 11) is 1.80. The van der Waals surface area contributed by atoms with Crippen LogP contribution in [-0.4, -0.2) is 343 Å². The van der Waals surface area contributed by atoms with E-state index in [-0.39, 0.29) is 12.3 Å². The summed E-state index contributed by atoms with van der Waals surface area (Å²) >= 11 is 0. The number of amides is 5. The molecule has 0 aromatic rings. The standard InChI is InChI=1S/C93H173B4N11O29/c1-70(109)128-68-81(130-72(3)111)86(132-74(5)113)88(134-76(7)115)90(136-78(9)117)92(122)102-56-64-106(65-57-103-93(123)91(137-79(10)118)89(135-77(8)116)87(133-75(6)114)82(131-73(4)112)69-129-71(2)110)85(121)51-50-84(120)101-55-40-36-33-31-29-27-25-23-21-19-17-18-20-22-24-26-28-30-32-34-39-49-83(119)100-54-41-37-35-38-48-80(66-98-52-42-44-60-107(96(13)126)62-46-58-104(15)94(11)124)67-99-53-43-45-61-108(97(14)127)63-47-59-105(16)95(12)125/h80-82,86-91,98-99,124-127H,17-69H2,1-16H3,(H,100,119)(H,101,120)(H,102,122)(H,103,123)/t81-,82+,86+,87-,88-,89+,90+,91-. The summed E-state index contributed by atoms with van der Waals surface area (Å²) in [6.45, 7) is 22.5. The predicted molar refractivity (Wildman–Crippen MR) is 521 cm³/mol. The van der Waals surface area contributed by atoms with Crippen molar-refractivity contribution in [1.29, 1.82) is 0 Å². The van der Waals surface area contributed by atoms with Gasteiger partial charge in [-0.05, 0) is 177 Å². The number of rotatable bonds is 86. The lowest BCUT2D eigenvalue weighted by atomic mass is 9.83. The number of carbonyl (C=O) groups is 15. The number of ether oxygens (including phenoxy) is 10. The third-order valence-electron chi connectivity index (χ3n) is 23.1. The molecule has 0 bridgehead atoms. The minimum absolute atomic E-state index is 0.156. The molecule has 0 saturated carbocycles. The summed E-state index contributed by atoms with van der Waals surface area (Å²) in [5.74, 6) is -13.4. The van der Waals surface area contributed by atoms with Crippen molar-refractivity contribution in [3.05, 3.63) is 0 Å². The summed E-state index contributed by atoms with van der Waals surface area (Å²) in [5.41, 5.74) is 0. The highest BCUT2D eigenvalue weighted by atomic mass is 16.7. The number of carbonyl (C=O) groups excluding carboxylic acids is 15. The van der Waals surface area contributed by atoms with Gasteiger partial charge >= 0.3 is 87.9 Å². The Labute approximate surface area is 817 Å². The van der Waals surface area contributed by atoms with Gasteiger partial charge in [-0.2, -0.15) is 0 Å². The zero-order chi connectivity index (χ0) is 103. The van der Waals surface area contributed by atoms with Crippen LogP contribution in [0, 0.1) is 5.92 Å². The second-order valence-electron chi connectivity index (χ2n) is 35.8. The van der Waals surface area contributed by atoms with E-state index in [4.69, 9.17) is 47.4 Å². The Balaban J connectivity index is 5.23. The minimum atomic E-state index is -2.21. The third-order valence-corrected chi connectivity index (χ3v) is 23.1. The Kier molecular flexibility index (Phi) is 75.8. The molecule has 10 N–H and O–H groups in total. The van der Waals surface area contributed by atoms with E-state index in [1.807, 2.05) is 37.4 Å². The predicted octanol–water partition coefficient (Wildman–Crippen LogP) is 6.22. The lowest BCUT2D eigenvalue weighted by Gasteiger charge is -2.35. The van der Waals surface area contributed by atoms with Crippen LogP contribution in [-0.2, 0) is 119 Å². The molecule has 0 aromatic heterocycles. The zero-order valence-corrected chi connectivity index (χ0v) is 85.7. The van der Waals surface area contributed by atoms with Gasteiger partial charge in [-0.25, -0.2) is 0 Å². The lowest BCUT2D eigenvalue weighted by Crippen LogP contribution is -2.58. The molecule has 0 radical (unpaired) electrons. The summed E-state index contributed by atoms with van der Waals surface area (Å²) in [4.78, 5) is 202. The van der Waals surface area contributed by atoms with Crippen molar-refractivity contribution < 1.29 is 139 Å². The minimum Gasteiger partial charge on any atom is -0.462 e. The maximum Gasteiger partial charge on any atom is 0.376 e. The van der Waals surface area contributed by atoms with E-state index in [2.05, 4.69) is 41.5 Å². The summed E-state index contributed by atoms with van der Waals surface area (Å²) in [5, 5.41) is 58.7. The maximum atomic E-state index is 14.2. The van der Waals surface area contributed by atoms with Crippen molar-refractivity contribution in [2.24, 2.45) is 5.92 Å². The first-order valence-corrected chi connectivity index (χ1v) is 50.1. The Morgan fingerprint density at radius 1 is 0.277 bits per heavy atom. The van der Waals surface area contributed by atoms with E-state index in [1.165, 1.54) is 77.0 Å². The first-order chi connectivity index (χ1) is 65.1. The summed E-state index contributed by atoms with van der Waals surface area (Å²) < 4.78 is 52.8. The number of hydrogen-bond donors (Lipinski definition) is 10. The highest BCUT2D eigenvalue weighted by molar-refractivity contribution is 6.46. The Bertz CT molecular complexity index is 3240. The quantitative estimate of drug-likeness (QED) is 0.0140. The van der Waals surface area contributed by atoms with Crippen LogP contribution in [0.3, 0.4) is 0 Å². The maximum absolute atomic E-state index is 14.2. The van der Waals surface area contributed by atoms with Crippen molar-refractivity contribution in [2.45, 2.75) is 370 Å². The second kappa shape index (κ2) is 80.6. The highest BCUT2D eigenvalue weighted by Crippen LogP contribution is 2.25. The van der Waals surface area contributed by atoms with Gasteiger partial charge in [0.05, 0.1) is 0 Å². The molecule has 0 aromatic carbocycles. The summed E-state index contributed by atoms with van der Waals surface area (Å²) in [6.07, 6.45) is 18.9. The molecule has 0 spiro atoms. The van der Waals surface area contributed by atoms with Gasteiger partial charge in [0.1, 0.15) is 13.2 Å². The smallest absolute Gasteiger partial charge is 0.376 e. The largest absolute Gasteiger partial charge is 0.462 e.